The summed E-state index contributed by atoms with van der Waals surface area (Å²) in [5.41, 5.74) is 1.78. The maximum absolute atomic E-state index is 5.25. The number of rotatable bonds is 3. The molecule has 0 aliphatic carbocycles. The lowest BCUT2D eigenvalue weighted by atomic mass is 10.0. The second-order valence-electron chi connectivity index (χ2n) is 7.08. The zero-order valence-corrected chi connectivity index (χ0v) is 14.3. The molecular formula is C16H20N8O. The molecular weight excluding hydrogens is 320 g/mol. The molecule has 5 heterocycles. The molecule has 0 spiro atoms. The van der Waals surface area contributed by atoms with Crippen molar-refractivity contribution in [3.8, 4) is 0 Å². The topological polar surface area (TPSA) is 89.0 Å². The fourth-order valence-electron chi connectivity index (χ4n) is 4.15. The lowest BCUT2D eigenvalue weighted by Crippen LogP contribution is -2.29. The standard InChI is InChI=1S/C16H20N8O/c1-10-20-13(25-21-10)7-23-3-11-5-24(6-12(11)4-23)16-14-15(17-8-18-16)22(2)9-19-14/h8-9,11-12H,3-7H2,1-2H3. The molecule has 2 unspecified atom stereocenters. The van der Waals surface area contributed by atoms with Gasteiger partial charge in [0.15, 0.2) is 22.8 Å². The van der Waals surface area contributed by atoms with Gasteiger partial charge in [-0.3, -0.25) is 4.90 Å². The first kappa shape index (κ1) is 14.8. The van der Waals surface area contributed by atoms with Gasteiger partial charge in [-0.05, 0) is 18.8 Å². The first-order chi connectivity index (χ1) is 12.2. The Hall–Kier alpha value is -2.55. The number of hydrogen-bond donors (Lipinski definition) is 0. The summed E-state index contributed by atoms with van der Waals surface area (Å²) in [6, 6.07) is 0. The molecule has 3 aromatic rings. The highest BCUT2D eigenvalue weighted by Gasteiger charge is 2.41. The van der Waals surface area contributed by atoms with Crippen LogP contribution >= 0.6 is 0 Å². The number of hydrogen-bond acceptors (Lipinski definition) is 8. The molecule has 0 radical (unpaired) electrons. The summed E-state index contributed by atoms with van der Waals surface area (Å²) in [4.78, 5) is 22.4. The fourth-order valence-corrected chi connectivity index (χ4v) is 4.15. The molecule has 2 atom stereocenters. The van der Waals surface area contributed by atoms with E-state index in [-0.39, 0.29) is 0 Å². The molecule has 3 aromatic heterocycles. The predicted molar refractivity (Wildman–Crippen MR) is 89.8 cm³/mol. The largest absolute Gasteiger partial charge is 0.354 e. The molecule has 2 saturated heterocycles. The summed E-state index contributed by atoms with van der Waals surface area (Å²) >= 11 is 0. The van der Waals surface area contributed by atoms with E-state index in [1.807, 2.05) is 18.5 Å². The van der Waals surface area contributed by atoms with Crippen LogP contribution in [0, 0.1) is 18.8 Å². The van der Waals surface area contributed by atoms with Gasteiger partial charge in [-0.15, -0.1) is 0 Å². The molecule has 0 N–H and O–H groups in total. The summed E-state index contributed by atoms with van der Waals surface area (Å²) in [5.74, 6) is 3.64. The molecule has 130 valence electrons. The summed E-state index contributed by atoms with van der Waals surface area (Å²) in [7, 11) is 1.96. The van der Waals surface area contributed by atoms with E-state index in [0.29, 0.717) is 23.6 Å². The minimum Gasteiger partial charge on any atom is -0.354 e. The van der Waals surface area contributed by atoms with Crippen LogP contribution in [-0.4, -0.2) is 60.7 Å². The first-order valence-electron chi connectivity index (χ1n) is 8.56. The van der Waals surface area contributed by atoms with E-state index in [1.54, 1.807) is 12.7 Å². The molecule has 9 nitrogen and oxygen atoms in total. The Bertz CT molecular complexity index is 904. The van der Waals surface area contributed by atoms with E-state index < -0.39 is 0 Å². The van der Waals surface area contributed by atoms with E-state index in [0.717, 1.165) is 49.7 Å². The highest BCUT2D eigenvalue weighted by Crippen LogP contribution is 2.35. The van der Waals surface area contributed by atoms with Gasteiger partial charge < -0.3 is 14.0 Å². The van der Waals surface area contributed by atoms with Crippen LogP contribution in [0.5, 0.6) is 0 Å². The zero-order chi connectivity index (χ0) is 17.0. The number of fused-ring (bicyclic) bond motifs is 2. The number of aromatic nitrogens is 6. The molecule has 2 aliphatic heterocycles. The molecule has 0 aromatic carbocycles. The summed E-state index contributed by atoms with van der Waals surface area (Å²) in [6.07, 6.45) is 3.44. The van der Waals surface area contributed by atoms with E-state index in [9.17, 15) is 0 Å². The van der Waals surface area contributed by atoms with Crippen molar-refractivity contribution >= 4 is 17.0 Å². The Morgan fingerprint density at radius 2 is 1.92 bits per heavy atom. The first-order valence-corrected chi connectivity index (χ1v) is 8.56. The molecule has 0 saturated carbocycles. The quantitative estimate of drug-likeness (QED) is 0.686. The molecule has 9 heteroatoms. The summed E-state index contributed by atoms with van der Waals surface area (Å²) in [5, 5.41) is 3.87. The minimum absolute atomic E-state index is 0.637. The third-order valence-corrected chi connectivity index (χ3v) is 5.27. The maximum atomic E-state index is 5.25. The van der Waals surface area contributed by atoms with Gasteiger partial charge in [-0.25, -0.2) is 15.0 Å². The van der Waals surface area contributed by atoms with Crippen molar-refractivity contribution in [2.75, 3.05) is 31.1 Å². The molecule has 25 heavy (non-hydrogen) atoms. The second kappa shape index (κ2) is 5.48. The van der Waals surface area contributed by atoms with Crippen LogP contribution < -0.4 is 4.90 Å². The van der Waals surface area contributed by atoms with Gasteiger partial charge in [-0.1, -0.05) is 5.16 Å². The van der Waals surface area contributed by atoms with E-state index in [4.69, 9.17) is 4.52 Å². The monoisotopic (exact) mass is 340 g/mol. The molecule has 5 rings (SSSR count). The van der Waals surface area contributed by atoms with Crippen molar-refractivity contribution in [2.45, 2.75) is 13.5 Å². The molecule has 2 fully saturated rings. The lowest BCUT2D eigenvalue weighted by Gasteiger charge is -2.21. The number of anilines is 1. The third-order valence-electron chi connectivity index (χ3n) is 5.27. The number of likely N-dealkylation sites (tertiary alicyclic amines) is 1. The Morgan fingerprint density at radius 3 is 2.64 bits per heavy atom. The predicted octanol–water partition coefficient (Wildman–Crippen LogP) is 0.623. The average Bonchev–Trinajstić information content (AvgIpc) is 3.33. The van der Waals surface area contributed by atoms with Crippen LogP contribution in [0.3, 0.4) is 0 Å². The Morgan fingerprint density at radius 1 is 1.12 bits per heavy atom. The maximum Gasteiger partial charge on any atom is 0.240 e. The van der Waals surface area contributed by atoms with Gasteiger partial charge in [0, 0.05) is 33.2 Å². The minimum atomic E-state index is 0.637. The summed E-state index contributed by atoms with van der Waals surface area (Å²) < 4.78 is 7.18. The average molecular weight is 340 g/mol. The number of imidazole rings is 1. The zero-order valence-electron chi connectivity index (χ0n) is 14.3. The molecule has 0 bridgehead atoms. The van der Waals surface area contributed by atoms with Crippen LogP contribution in [0.25, 0.3) is 11.2 Å². The van der Waals surface area contributed by atoms with Gasteiger partial charge in [0.1, 0.15) is 6.33 Å². The van der Waals surface area contributed by atoms with Gasteiger partial charge >= 0.3 is 0 Å². The van der Waals surface area contributed by atoms with Crippen LogP contribution in [0.1, 0.15) is 11.7 Å². The highest BCUT2D eigenvalue weighted by atomic mass is 16.5. The van der Waals surface area contributed by atoms with Gasteiger partial charge in [0.05, 0.1) is 12.9 Å². The molecule has 0 amide bonds. The normalized spacial score (nSPS) is 23.7. The van der Waals surface area contributed by atoms with Gasteiger partial charge in [0.2, 0.25) is 5.89 Å². The van der Waals surface area contributed by atoms with Crippen molar-refractivity contribution in [2.24, 2.45) is 18.9 Å². The highest BCUT2D eigenvalue weighted by molar-refractivity contribution is 5.83. The van der Waals surface area contributed by atoms with E-state index >= 15 is 0 Å². The van der Waals surface area contributed by atoms with Crippen LogP contribution in [0.15, 0.2) is 17.2 Å². The SMILES string of the molecule is Cc1noc(CN2CC3CN(c4ncnc5c4ncn5C)CC3C2)n1. The van der Waals surface area contributed by atoms with E-state index in [1.165, 1.54) is 0 Å². The van der Waals surface area contributed by atoms with Crippen LogP contribution in [0.2, 0.25) is 0 Å². The van der Waals surface area contributed by atoms with Crippen LogP contribution in [-0.2, 0) is 13.6 Å². The molecule has 2 aliphatic rings. The van der Waals surface area contributed by atoms with Crippen molar-refractivity contribution in [3.63, 3.8) is 0 Å². The Labute approximate surface area is 144 Å². The van der Waals surface area contributed by atoms with Crippen molar-refractivity contribution in [1.29, 1.82) is 0 Å². The smallest absolute Gasteiger partial charge is 0.240 e. The van der Waals surface area contributed by atoms with Gasteiger partial charge in [-0.2, -0.15) is 4.98 Å². The Balaban J connectivity index is 1.30. The number of aryl methyl sites for hydroxylation is 2. The lowest BCUT2D eigenvalue weighted by molar-refractivity contribution is 0.255. The Kier molecular flexibility index (Phi) is 3.24. The van der Waals surface area contributed by atoms with Crippen molar-refractivity contribution in [1.82, 2.24) is 34.6 Å². The van der Waals surface area contributed by atoms with E-state index in [2.05, 4.69) is 34.9 Å². The number of nitrogens with zero attached hydrogens (tertiary/aromatic N) is 8. The van der Waals surface area contributed by atoms with Crippen LogP contribution in [0.4, 0.5) is 5.82 Å². The second-order valence-corrected chi connectivity index (χ2v) is 7.08. The fraction of sp³-hybridized carbons (Fsp3) is 0.562. The van der Waals surface area contributed by atoms with Crippen molar-refractivity contribution in [3.05, 3.63) is 24.4 Å². The third kappa shape index (κ3) is 2.46. The summed E-state index contributed by atoms with van der Waals surface area (Å²) in [6.45, 7) is 6.72. The van der Waals surface area contributed by atoms with Crippen molar-refractivity contribution < 1.29 is 4.52 Å². The van der Waals surface area contributed by atoms with Gasteiger partial charge in [0.25, 0.3) is 0 Å².